The van der Waals surface area contributed by atoms with Gasteiger partial charge in [0.05, 0.1) is 44.9 Å². The molecule has 47 heavy (non-hydrogen) atoms. The predicted octanol–water partition coefficient (Wildman–Crippen LogP) is 5.64. The SMILES string of the molecule is CCOC(=O)[C@@H](NC(=O)c1cc(-c2cccc(-c3ncc(C(=O)NC(CC)CC)o3)c2)nn1CCOP(=O)(OCC)OCC)C(C)C. The Kier molecular flexibility index (Phi) is 14.3. The standard InChI is InChI=1S/C32H46N5O9P/c1-8-24(9-2)34-30(39)27-20-33-31(46-27)23-15-13-14-22(18-23)25-19-26(29(38)35-28(21(6)7)32(40)42-10-3)37(36-25)16-17-45-47(41,43-11-4)44-12-5/h13-15,18-21,24,28H,8-12,16-17H2,1-7H3,(H,34,39)(H,35,38)/t28-/m0/s1. The Hall–Kier alpha value is -3.84. The number of carbonyl (C=O) groups excluding carboxylic acids is 3. The summed E-state index contributed by atoms with van der Waals surface area (Å²) in [7, 11) is -3.81. The summed E-state index contributed by atoms with van der Waals surface area (Å²) in [6.45, 7) is 12.9. The van der Waals surface area contributed by atoms with Crippen molar-refractivity contribution in [1.29, 1.82) is 0 Å². The summed E-state index contributed by atoms with van der Waals surface area (Å²) in [5.74, 6) is -1.37. The fourth-order valence-corrected chi connectivity index (χ4v) is 5.76. The first-order valence-corrected chi connectivity index (χ1v) is 17.4. The molecule has 0 aliphatic rings. The third-order valence-corrected chi connectivity index (χ3v) is 8.74. The molecule has 1 aromatic carbocycles. The summed E-state index contributed by atoms with van der Waals surface area (Å²) in [5, 5.41) is 10.3. The Balaban J connectivity index is 1.93. The summed E-state index contributed by atoms with van der Waals surface area (Å²) in [4.78, 5) is 43.1. The lowest BCUT2D eigenvalue weighted by Gasteiger charge is -2.21. The highest BCUT2D eigenvalue weighted by molar-refractivity contribution is 7.48. The lowest BCUT2D eigenvalue weighted by Crippen LogP contribution is -2.45. The minimum Gasteiger partial charge on any atom is -0.464 e. The lowest BCUT2D eigenvalue weighted by atomic mass is 10.0. The zero-order chi connectivity index (χ0) is 34.6. The van der Waals surface area contributed by atoms with Crippen LogP contribution in [0, 0.1) is 5.92 Å². The third-order valence-electron chi connectivity index (χ3n) is 7.09. The first-order chi connectivity index (χ1) is 22.5. The van der Waals surface area contributed by atoms with Gasteiger partial charge in [-0.05, 0) is 57.7 Å². The van der Waals surface area contributed by atoms with Gasteiger partial charge < -0.3 is 19.8 Å². The molecule has 0 aliphatic heterocycles. The number of ether oxygens (including phenoxy) is 1. The summed E-state index contributed by atoms with van der Waals surface area (Å²) < 4.78 is 41.1. The van der Waals surface area contributed by atoms with Crippen LogP contribution >= 0.6 is 7.82 Å². The van der Waals surface area contributed by atoms with Crippen molar-refractivity contribution in [3.05, 3.63) is 48.0 Å². The van der Waals surface area contributed by atoms with E-state index in [0.717, 1.165) is 12.8 Å². The molecule has 0 saturated carbocycles. The van der Waals surface area contributed by atoms with Gasteiger partial charge in [-0.25, -0.2) is 14.3 Å². The van der Waals surface area contributed by atoms with E-state index < -0.39 is 25.7 Å². The van der Waals surface area contributed by atoms with Gasteiger partial charge in [0.25, 0.3) is 11.8 Å². The van der Waals surface area contributed by atoms with Crippen LogP contribution in [0.4, 0.5) is 0 Å². The molecule has 0 spiro atoms. The molecule has 1 atom stereocenters. The average Bonchev–Trinajstić information content (AvgIpc) is 3.71. The molecule has 258 valence electrons. The molecule has 14 nitrogen and oxygen atoms in total. The smallest absolute Gasteiger partial charge is 0.464 e. The molecule has 0 unspecified atom stereocenters. The van der Waals surface area contributed by atoms with E-state index >= 15 is 0 Å². The van der Waals surface area contributed by atoms with Gasteiger partial charge in [0.1, 0.15) is 11.7 Å². The molecule has 0 radical (unpaired) electrons. The highest BCUT2D eigenvalue weighted by atomic mass is 31.2. The van der Waals surface area contributed by atoms with Crippen molar-refractivity contribution >= 4 is 25.6 Å². The van der Waals surface area contributed by atoms with Crippen molar-refractivity contribution in [1.82, 2.24) is 25.4 Å². The van der Waals surface area contributed by atoms with Crippen LogP contribution in [-0.2, 0) is 34.2 Å². The number of nitrogens with zero attached hydrogens (tertiary/aromatic N) is 3. The maximum atomic E-state index is 13.6. The lowest BCUT2D eigenvalue weighted by molar-refractivity contribution is -0.146. The van der Waals surface area contributed by atoms with E-state index in [1.165, 1.54) is 10.9 Å². The van der Waals surface area contributed by atoms with Crippen LogP contribution in [-0.4, -0.2) is 71.1 Å². The van der Waals surface area contributed by atoms with E-state index in [1.54, 1.807) is 65.0 Å². The Labute approximate surface area is 275 Å². The number of esters is 1. The molecule has 15 heteroatoms. The van der Waals surface area contributed by atoms with E-state index in [-0.39, 0.29) is 68.2 Å². The zero-order valence-corrected chi connectivity index (χ0v) is 29.0. The van der Waals surface area contributed by atoms with Crippen LogP contribution in [0.3, 0.4) is 0 Å². The van der Waals surface area contributed by atoms with Gasteiger partial charge in [-0.1, -0.05) is 39.8 Å². The number of benzene rings is 1. The number of phosphoric ester groups is 1. The topological polar surface area (TPSA) is 173 Å². The fraction of sp³-hybridized carbons (Fsp3) is 0.531. The molecule has 0 fully saturated rings. The van der Waals surface area contributed by atoms with E-state index in [4.69, 9.17) is 22.7 Å². The number of oxazole rings is 1. The molecule has 2 N–H and O–H groups in total. The van der Waals surface area contributed by atoms with E-state index in [9.17, 15) is 18.9 Å². The quantitative estimate of drug-likeness (QED) is 0.119. The first-order valence-electron chi connectivity index (χ1n) is 15.9. The van der Waals surface area contributed by atoms with Gasteiger partial charge in [0.2, 0.25) is 11.7 Å². The number of nitrogens with one attached hydrogen (secondary N) is 2. The molecule has 3 rings (SSSR count). The Bertz CT molecular complexity index is 1520. The normalized spacial score (nSPS) is 12.4. The van der Waals surface area contributed by atoms with Crippen molar-refractivity contribution in [3.63, 3.8) is 0 Å². The van der Waals surface area contributed by atoms with Crippen molar-refractivity contribution in [3.8, 4) is 22.7 Å². The minimum absolute atomic E-state index is 0.00700. The van der Waals surface area contributed by atoms with Crippen molar-refractivity contribution in [2.45, 2.75) is 79.9 Å². The van der Waals surface area contributed by atoms with Crippen molar-refractivity contribution < 1.29 is 41.7 Å². The van der Waals surface area contributed by atoms with Crippen LogP contribution < -0.4 is 10.6 Å². The Morgan fingerprint density at radius 3 is 2.21 bits per heavy atom. The predicted molar refractivity (Wildman–Crippen MR) is 175 cm³/mol. The van der Waals surface area contributed by atoms with E-state index in [2.05, 4.69) is 20.7 Å². The van der Waals surface area contributed by atoms with Crippen LogP contribution in [0.2, 0.25) is 0 Å². The molecule has 2 amide bonds. The molecule has 0 saturated heterocycles. The van der Waals surface area contributed by atoms with Crippen molar-refractivity contribution in [2.24, 2.45) is 5.92 Å². The summed E-state index contributed by atoms with van der Waals surface area (Å²) in [5.41, 5.74) is 1.76. The molecular formula is C32H46N5O9P. The second-order valence-electron chi connectivity index (χ2n) is 10.8. The van der Waals surface area contributed by atoms with Gasteiger partial charge >= 0.3 is 13.8 Å². The van der Waals surface area contributed by atoms with Gasteiger partial charge in [0.15, 0.2) is 0 Å². The number of phosphoric acid groups is 1. The molecule has 0 aliphatic carbocycles. The number of aromatic nitrogens is 3. The monoisotopic (exact) mass is 675 g/mol. The number of amides is 2. The largest absolute Gasteiger partial charge is 0.474 e. The number of rotatable bonds is 19. The molecule has 2 aromatic heterocycles. The maximum absolute atomic E-state index is 13.6. The van der Waals surface area contributed by atoms with Crippen molar-refractivity contribution in [2.75, 3.05) is 26.4 Å². The van der Waals surface area contributed by atoms with Crippen LogP contribution in [0.5, 0.6) is 0 Å². The van der Waals surface area contributed by atoms with E-state index in [0.29, 0.717) is 16.8 Å². The van der Waals surface area contributed by atoms with Gasteiger partial charge in [-0.2, -0.15) is 5.10 Å². The Morgan fingerprint density at radius 1 is 0.915 bits per heavy atom. The second kappa shape index (κ2) is 17.9. The number of carbonyl (C=O) groups is 3. The Morgan fingerprint density at radius 2 is 1.60 bits per heavy atom. The molecule has 0 bridgehead atoms. The third kappa shape index (κ3) is 10.3. The van der Waals surface area contributed by atoms with Gasteiger partial charge in [0, 0.05) is 17.2 Å². The first kappa shape index (κ1) is 37.6. The second-order valence-corrected chi connectivity index (χ2v) is 12.5. The highest BCUT2D eigenvalue weighted by Crippen LogP contribution is 2.49. The van der Waals surface area contributed by atoms with Gasteiger partial charge in [-0.15, -0.1) is 0 Å². The number of hydrogen-bond acceptors (Lipinski definition) is 11. The van der Waals surface area contributed by atoms with Crippen LogP contribution in [0.15, 0.2) is 40.9 Å². The number of hydrogen-bond donors (Lipinski definition) is 2. The van der Waals surface area contributed by atoms with Crippen LogP contribution in [0.25, 0.3) is 22.7 Å². The minimum atomic E-state index is -3.81. The van der Waals surface area contributed by atoms with E-state index in [1.807, 2.05) is 13.8 Å². The average molecular weight is 676 g/mol. The summed E-state index contributed by atoms with van der Waals surface area (Å²) in [6.07, 6.45) is 2.97. The highest BCUT2D eigenvalue weighted by Gasteiger charge is 2.29. The molecular weight excluding hydrogens is 629 g/mol. The summed E-state index contributed by atoms with van der Waals surface area (Å²) >= 11 is 0. The molecule has 3 aromatic rings. The van der Waals surface area contributed by atoms with Gasteiger partial charge in [-0.3, -0.25) is 27.8 Å². The maximum Gasteiger partial charge on any atom is 0.474 e. The van der Waals surface area contributed by atoms with Crippen LogP contribution in [0.1, 0.15) is 82.4 Å². The summed E-state index contributed by atoms with van der Waals surface area (Å²) in [6, 6.07) is 7.83. The fourth-order valence-electron chi connectivity index (χ4n) is 4.60. The zero-order valence-electron chi connectivity index (χ0n) is 28.1. The molecule has 2 heterocycles.